The van der Waals surface area contributed by atoms with Crippen LogP contribution in [-0.4, -0.2) is 37.1 Å². The van der Waals surface area contributed by atoms with E-state index in [9.17, 15) is 4.79 Å². The fraction of sp³-hybridized carbons (Fsp3) is 0.833. The van der Waals surface area contributed by atoms with Gasteiger partial charge in [-0.15, -0.1) is 0 Å². The van der Waals surface area contributed by atoms with Crippen LogP contribution in [0, 0.1) is 22.7 Å². The molecule has 1 aliphatic heterocycles. The van der Waals surface area contributed by atoms with Crippen LogP contribution in [0.2, 0.25) is 0 Å². The average molecular weight is 224 g/mol. The van der Waals surface area contributed by atoms with Crippen LogP contribution >= 0.6 is 0 Å². The van der Waals surface area contributed by atoms with Crippen molar-refractivity contribution in [3.63, 3.8) is 0 Å². The van der Waals surface area contributed by atoms with Gasteiger partial charge in [-0.25, -0.2) is 0 Å². The summed E-state index contributed by atoms with van der Waals surface area (Å²) >= 11 is 0. The summed E-state index contributed by atoms with van der Waals surface area (Å²) in [5.74, 6) is 0.310. The van der Waals surface area contributed by atoms with E-state index in [4.69, 9.17) is 10.00 Å². The summed E-state index contributed by atoms with van der Waals surface area (Å²) in [4.78, 5) is 13.4. The third-order valence-electron chi connectivity index (χ3n) is 3.25. The topological polar surface area (TPSA) is 53.3 Å². The normalized spacial score (nSPS) is 23.1. The smallest absolute Gasteiger partial charge is 0.236 e. The zero-order valence-corrected chi connectivity index (χ0v) is 10.3. The Morgan fingerprint density at radius 3 is 2.88 bits per heavy atom. The molecule has 16 heavy (non-hydrogen) atoms. The van der Waals surface area contributed by atoms with Gasteiger partial charge in [0.15, 0.2) is 0 Å². The Bertz CT molecular complexity index is 294. The Morgan fingerprint density at radius 2 is 2.31 bits per heavy atom. The number of ether oxygens (including phenoxy) is 1. The molecular formula is C12H20N2O2. The summed E-state index contributed by atoms with van der Waals surface area (Å²) in [6.45, 7) is 9.12. The van der Waals surface area contributed by atoms with Gasteiger partial charge >= 0.3 is 0 Å². The molecule has 0 bridgehead atoms. The van der Waals surface area contributed by atoms with Gasteiger partial charge < -0.3 is 9.64 Å². The molecule has 1 rings (SSSR count). The Labute approximate surface area is 97.2 Å². The second kappa shape index (κ2) is 5.31. The van der Waals surface area contributed by atoms with E-state index in [0.29, 0.717) is 25.7 Å². The number of nitrogens with zero attached hydrogens (tertiary/aromatic N) is 2. The summed E-state index contributed by atoms with van der Waals surface area (Å²) in [5.41, 5.74) is 0.0836. The number of nitriles is 1. The van der Waals surface area contributed by atoms with Crippen molar-refractivity contribution < 1.29 is 9.53 Å². The molecule has 0 aliphatic carbocycles. The quantitative estimate of drug-likeness (QED) is 0.725. The van der Waals surface area contributed by atoms with Gasteiger partial charge in [0.25, 0.3) is 0 Å². The van der Waals surface area contributed by atoms with Crippen LogP contribution in [0.5, 0.6) is 0 Å². The molecule has 1 aliphatic rings. The van der Waals surface area contributed by atoms with Crippen molar-refractivity contribution in [3.05, 3.63) is 0 Å². The lowest BCUT2D eigenvalue weighted by Gasteiger charge is -2.24. The van der Waals surface area contributed by atoms with Gasteiger partial charge in [-0.05, 0) is 12.3 Å². The van der Waals surface area contributed by atoms with Crippen molar-refractivity contribution in [2.75, 3.05) is 26.3 Å². The largest absolute Gasteiger partial charge is 0.381 e. The lowest BCUT2D eigenvalue weighted by Crippen LogP contribution is -2.29. The van der Waals surface area contributed by atoms with Gasteiger partial charge in [-0.1, -0.05) is 13.8 Å². The molecular weight excluding hydrogens is 204 g/mol. The van der Waals surface area contributed by atoms with Crippen molar-refractivity contribution in [3.8, 4) is 6.07 Å². The maximum Gasteiger partial charge on any atom is 0.236 e. The van der Waals surface area contributed by atoms with E-state index >= 15 is 0 Å². The first-order chi connectivity index (χ1) is 7.51. The highest BCUT2D eigenvalue weighted by Crippen LogP contribution is 2.35. The number of carbonyl (C=O) groups excluding carboxylic acids is 1. The molecule has 0 radical (unpaired) electrons. The van der Waals surface area contributed by atoms with Crippen LogP contribution in [-0.2, 0) is 9.53 Å². The molecule has 4 heteroatoms. The van der Waals surface area contributed by atoms with Gasteiger partial charge in [-0.2, -0.15) is 5.26 Å². The highest BCUT2D eigenvalue weighted by molar-refractivity contribution is 5.78. The third-order valence-corrected chi connectivity index (χ3v) is 3.25. The minimum Gasteiger partial charge on any atom is -0.381 e. The summed E-state index contributed by atoms with van der Waals surface area (Å²) in [7, 11) is 0. The molecule has 0 aromatic carbocycles. The van der Waals surface area contributed by atoms with E-state index in [1.807, 2.05) is 13.0 Å². The summed E-state index contributed by atoms with van der Waals surface area (Å²) in [6.07, 6.45) is -0.0164. The molecule has 4 nitrogen and oxygen atoms in total. The molecule has 0 aromatic rings. The zero-order valence-electron chi connectivity index (χ0n) is 10.3. The summed E-state index contributed by atoms with van der Waals surface area (Å²) < 4.78 is 5.44. The molecule has 1 fully saturated rings. The first-order valence-electron chi connectivity index (χ1n) is 5.73. The highest BCUT2D eigenvalue weighted by atomic mass is 16.5. The van der Waals surface area contributed by atoms with Crippen molar-refractivity contribution in [2.24, 2.45) is 11.3 Å². The fourth-order valence-electron chi connectivity index (χ4n) is 2.11. The van der Waals surface area contributed by atoms with Gasteiger partial charge in [0.05, 0.1) is 12.7 Å². The van der Waals surface area contributed by atoms with Crippen LogP contribution in [0.25, 0.3) is 0 Å². The predicted molar refractivity (Wildman–Crippen MR) is 60.6 cm³/mol. The van der Waals surface area contributed by atoms with Crippen molar-refractivity contribution in [1.29, 1.82) is 5.26 Å². The van der Waals surface area contributed by atoms with Crippen LogP contribution in [0.3, 0.4) is 0 Å². The van der Waals surface area contributed by atoms with E-state index in [0.717, 1.165) is 6.54 Å². The number of rotatable bonds is 4. The molecule has 0 spiro atoms. The SMILES string of the molecule is CCOC[C@H]1CN(C(=O)CC#N)CC1(C)C. The standard InChI is InChI=1S/C12H20N2O2/c1-4-16-8-10-7-14(9-12(10,2)3)11(15)5-6-13/h10H,4-5,7-9H2,1-3H3/t10-/m1/s1. The van der Waals surface area contributed by atoms with E-state index in [-0.39, 0.29) is 17.7 Å². The molecule has 1 saturated heterocycles. The first kappa shape index (κ1) is 13.0. The van der Waals surface area contributed by atoms with E-state index < -0.39 is 0 Å². The average Bonchev–Trinajstić information content (AvgIpc) is 2.51. The van der Waals surface area contributed by atoms with Gasteiger partial charge in [0, 0.05) is 25.6 Å². The minimum absolute atomic E-state index is 0.0164. The number of amides is 1. The van der Waals surface area contributed by atoms with Crippen LogP contribution in [0.15, 0.2) is 0 Å². The number of hydrogen-bond acceptors (Lipinski definition) is 3. The molecule has 90 valence electrons. The highest BCUT2D eigenvalue weighted by Gasteiger charge is 2.40. The fourth-order valence-corrected chi connectivity index (χ4v) is 2.11. The lowest BCUT2D eigenvalue weighted by molar-refractivity contribution is -0.129. The van der Waals surface area contributed by atoms with Crippen LogP contribution in [0.1, 0.15) is 27.2 Å². The Kier molecular flexibility index (Phi) is 4.31. The summed E-state index contributed by atoms with van der Waals surface area (Å²) in [6, 6.07) is 1.91. The van der Waals surface area contributed by atoms with E-state index in [1.165, 1.54) is 0 Å². The van der Waals surface area contributed by atoms with E-state index in [1.54, 1.807) is 4.90 Å². The molecule has 1 atom stereocenters. The maximum absolute atomic E-state index is 11.6. The predicted octanol–water partition coefficient (Wildman–Crippen LogP) is 1.42. The monoisotopic (exact) mass is 224 g/mol. The van der Waals surface area contributed by atoms with Crippen LogP contribution in [0.4, 0.5) is 0 Å². The Morgan fingerprint density at radius 1 is 1.62 bits per heavy atom. The van der Waals surface area contributed by atoms with Crippen molar-refractivity contribution >= 4 is 5.91 Å². The first-order valence-corrected chi connectivity index (χ1v) is 5.73. The second-order valence-electron chi connectivity index (χ2n) is 4.95. The zero-order chi connectivity index (χ0) is 12.2. The third kappa shape index (κ3) is 2.96. The number of carbonyl (C=O) groups is 1. The molecule has 0 saturated carbocycles. The van der Waals surface area contributed by atoms with Gasteiger partial charge in [-0.3, -0.25) is 4.79 Å². The van der Waals surface area contributed by atoms with Crippen LogP contribution < -0.4 is 0 Å². The molecule has 0 N–H and O–H groups in total. The van der Waals surface area contributed by atoms with Gasteiger partial charge in [0.1, 0.15) is 6.42 Å². The Hall–Kier alpha value is -1.08. The summed E-state index contributed by atoms with van der Waals surface area (Å²) in [5, 5.41) is 8.51. The number of likely N-dealkylation sites (tertiary alicyclic amines) is 1. The second-order valence-corrected chi connectivity index (χ2v) is 4.95. The van der Waals surface area contributed by atoms with Crippen molar-refractivity contribution in [1.82, 2.24) is 4.90 Å². The van der Waals surface area contributed by atoms with E-state index in [2.05, 4.69) is 13.8 Å². The Balaban J connectivity index is 2.57. The molecule has 0 aromatic heterocycles. The van der Waals surface area contributed by atoms with Crippen molar-refractivity contribution in [2.45, 2.75) is 27.2 Å². The molecule has 1 amide bonds. The molecule has 0 unspecified atom stereocenters. The minimum atomic E-state index is -0.0606. The maximum atomic E-state index is 11.6. The van der Waals surface area contributed by atoms with Gasteiger partial charge in [0.2, 0.25) is 5.91 Å². The number of hydrogen-bond donors (Lipinski definition) is 0. The lowest BCUT2D eigenvalue weighted by atomic mass is 9.83. The molecule has 1 heterocycles.